The SMILES string of the molecule is CCCCc1ccc2c(c1)sc(=NC(=O)c1ccnn1CC)n2C. The third kappa shape index (κ3) is 3.19. The Morgan fingerprint density at radius 2 is 2.12 bits per heavy atom. The molecule has 0 fully saturated rings. The van der Waals surface area contributed by atoms with Gasteiger partial charge in [-0.2, -0.15) is 10.1 Å². The van der Waals surface area contributed by atoms with Crippen molar-refractivity contribution in [3.05, 3.63) is 46.5 Å². The number of fused-ring (bicyclic) bond motifs is 1. The monoisotopic (exact) mass is 342 g/mol. The van der Waals surface area contributed by atoms with Crippen LogP contribution in [0.4, 0.5) is 0 Å². The number of hydrogen-bond acceptors (Lipinski definition) is 3. The van der Waals surface area contributed by atoms with Gasteiger partial charge < -0.3 is 4.57 Å². The molecule has 0 saturated carbocycles. The van der Waals surface area contributed by atoms with Crippen LogP contribution in [0.5, 0.6) is 0 Å². The number of carbonyl (C=O) groups excluding carboxylic acids is 1. The summed E-state index contributed by atoms with van der Waals surface area (Å²) < 4.78 is 4.82. The lowest BCUT2D eigenvalue weighted by molar-refractivity contribution is 0.0988. The van der Waals surface area contributed by atoms with Gasteiger partial charge in [-0.15, -0.1) is 0 Å². The van der Waals surface area contributed by atoms with E-state index in [9.17, 15) is 4.79 Å². The minimum absolute atomic E-state index is 0.247. The van der Waals surface area contributed by atoms with Crippen LogP contribution in [0.3, 0.4) is 0 Å². The Bertz CT molecular complexity index is 932. The fraction of sp³-hybridized carbons (Fsp3) is 0.389. The molecule has 1 amide bonds. The molecule has 0 radical (unpaired) electrons. The van der Waals surface area contributed by atoms with E-state index in [0.717, 1.165) is 11.9 Å². The molecule has 6 heteroatoms. The highest BCUT2D eigenvalue weighted by Gasteiger charge is 2.11. The summed E-state index contributed by atoms with van der Waals surface area (Å²) in [6, 6.07) is 8.22. The van der Waals surface area contributed by atoms with E-state index in [1.54, 1.807) is 28.3 Å². The number of aromatic nitrogens is 3. The summed E-state index contributed by atoms with van der Waals surface area (Å²) in [5, 5.41) is 4.14. The van der Waals surface area contributed by atoms with Gasteiger partial charge >= 0.3 is 0 Å². The van der Waals surface area contributed by atoms with E-state index in [4.69, 9.17) is 0 Å². The zero-order valence-corrected chi connectivity index (χ0v) is 15.1. The first-order valence-electron chi connectivity index (χ1n) is 8.33. The van der Waals surface area contributed by atoms with Gasteiger partial charge in [0.05, 0.1) is 10.2 Å². The van der Waals surface area contributed by atoms with Crippen molar-refractivity contribution in [1.82, 2.24) is 14.3 Å². The minimum Gasteiger partial charge on any atom is -0.319 e. The third-order valence-electron chi connectivity index (χ3n) is 4.13. The van der Waals surface area contributed by atoms with Gasteiger partial charge in [-0.1, -0.05) is 30.7 Å². The highest BCUT2D eigenvalue weighted by Crippen LogP contribution is 2.19. The van der Waals surface area contributed by atoms with Crippen LogP contribution in [-0.2, 0) is 20.0 Å². The van der Waals surface area contributed by atoms with Crippen LogP contribution in [0, 0.1) is 0 Å². The molecule has 2 heterocycles. The number of rotatable bonds is 5. The van der Waals surface area contributed by atoms with Gasteiger partial charge in [-0.05, 0) is 43.5 Å². The van der Waals surface area contributed by atoms with Gasteiger partial charge in [0.1, 0.15) is 5.69 Å². The molecule has 0 aliphatic rings. The molecule has 0 N–H and O–H groups in total. The van der Waals surface area contributed by atoms with Gasteiger partial charge in [-0.3, -0.25) is 9.48 Å². The summed E-state index contributed by atoms with van der Waals surface area (Å²) in [4.78, 5) is 17.5. The van der Waals surface area contributed by atoms with E-state index in [2.05, 4.69) is 35.2 Å². The maximum Gasteiger partial charge on any atom is 0.297 e. The second-order valence-electron chi connectivity index (χ2n) is 5.80. The molecule has 0 aliphatic carbocycles. The molecule has 0 saturated heterocycles. The topological polar surface area (TPSA) is 52.2 Å². The maximum atomic E-state index is 12.5. The summed E-state index contributed by atoms with van der Waals surface area (Å²) in [7, 11) is 1.95. The van der Waals surface area contributed by atoms with Gasteiger partial charge in [0.15, 0.2) is 4.80 Å². The van der Waals surface area contributed by atoms with Crippen LogP contribution in [0.15, 0.2) is 35.5 Å². The molecule has 5 nitrogen and oxygen atoms in total. The number of carbonyl (C=O) groups is 1. The Balaban J connectivity index is 2.00. The maximum absolute atomic E-state index is 12.5. The molecule has 3 aromatic rings. The van der Waals surface area contributed by atoms with Crippen LogP contribution in [0.1, 0.15) is 42.7 Å². The molecule has 24 heavy (non-hydrogen) atoms. The second kappa shape index (κ2) is 7.13. The first-order valence-corrected chi connectivity index (χ1v) is 9.15. The standard InChI is InChI=1S/C18H22N4OS/c1-4-6-7-13-8-9-14-16(12-13)24-18(21(14)3)20-17(23)15-10-11-19-22(15)5-2/h8-12H,4-7H2,1-3H3. The quantitative estimate of drug-likeness (QED) is 0.712. The highest BCUT2D eigenvalue weighted by atomic mass is 32.1. The van der Waals surface area contributed by atoms with Crippen molar-refractivity contribution in [2.45, 2.75) is 39.7 Å². The molecule has 1 aromatic carbocycles. The van der Waals surface area contributed by atoms with Gasteiger partial charge in [-0.25, -0.2) is 0 Å². The van der Waals surface area contributed by atoms with Crippen molar-refractivity contribution in [2.24, 2.45) is 12.0 Å². The molecule has 0 unspecified atom stereocenters. The third-order valence-corrected chi connectivity index (χ3v) is 5.22. The van der Waals surface area contributed by atoms with E-state index in [0.29, 0.717) is 17.0 Å². The van der Waals surface area contributed by atoms with Crippen LogP contribution in [-0.4, -0.2) is 20.3 Å². The van der Waals surface area contributed by atoms with Crippen LogP contribution in [0.2, 0.25) is 0 Å². The lowest BCUT2D eigenvalue weighted by Crippen LogP contribution is -2.15. The molecule has 0 spiro atoms. The molecule has 0 atom stereocenters. The number of thiazole rings is 1. The smallest absolute Gasteiger partial charge is 0.297 e. The normalized spacial score (nSPS) is 12.2. The van der Waals surface area contributed by atoms with E-state index in [-0.39, 0.29) is 5.91 Å². The van der Waals surface area contributed by atoms with E-state index >= 15 is 0 Å². The van der Waals surface area contributed by atoms with Crippen molar-refractivity contribution in [3.8, 4) is 0 Å². The summed E-state index contributed by atoms with van der Waals surface area (Å²) in [5.74, 6) is -0.247. The first-order chi connectivity index (χ1) is 11.6. The Morgan fingerprint density at radius 3 is 2.88 bits per heavy atom. The lowest BCUT2D eigenvalue weighted by Gasteiger charge is -2.01. The van der Waals surface area contributed by atoms with Gasteiger partial charge in [0.25, 0.3) is 5.91 Å². The number of benzene rings is 1. The fourth-order valence-electron chi connectivity index (χ4n) is 2.73. The molecule has 126 valence electrons. The molecular weight excluding hydrogens is 320 g/mol. The van der Waals surface area contributed by atoms with E-state index < -0.39 is 0 Å². The summed E-state index contributed by atoms with van der Waals surface area (Å²) >= 11 is 1.56. The van der Waals surface area contributed by atoms with Gasteiger partial charge in [0, 0.05) is 19.8 Å². The Kier molecular flexibility index (Phi) is 4.94. The second-order valence-corrected chi connectivity index (χ2v) is 6.81. The van der Waals surface area contributed by atoms with E-state index in [1.165, 1.54) is 23.1 Å². The van der Waals surface area contributed by atoms with Crippen LogP contribution in [0.25, 0.3) is 10.2 Å². The first kappa shape index (κ1) is 16.6. The minimum atomic E-state index is -0.247. The largest absolute Gasteiger partial charge is 0.319 e. The van der Waals surface area contributed by atoms with Gasteiger partial charge in [0.2, 0.25) is 0 Å². The van der Waals surface area contributed by atoms with Crippen LogP contribution < -0.4 is 4.80 Å². The summed E-state index contributed by atoms with van der Waals surface area (Å²) in [6.45, 7) is 4.82. The molecule has 0 bridgehead atoms. The molecule has 0 aliphatic heterocycles. The van der Waals surface area contributed by atoms with Crippen molar-refractivity contribution in [3.63, 3.8) is 0 Å². The fourth-order valence-corrected chi connectivity index (χ4v) is 3.81. The number of amides is 1. The number of nitrogens with zero attached hydrogens (tertiary/aromatic N) is 4. The molecule has 3 rings (SSSR count). The van der Waals surface area contributed by atoms with Crippen molar-refractivity contribution in [2.75, 3.05) is 0 Å². The van der Waals surface area contributed by atoms with Crippen LogP contribution >= 0.6 is 11.3 Å². The average Bonchev–Trinajstić information content (AvgIpc) is 3.18. The summed E-state index contributed by atoms with van der Waals surface area (Å²) in [6.07, 6.45) is 5.11. The Labute approximate surface area is 145 Å². The number of hydrogen-bond donors (Lipinski definition) is 0. The Morgan fingerprint density at radius 1 is 1.29 bits per heavy atom. The van der Waals surface area contributed by atoms with E-state index in [1.807, 2.05) is 18.5 Å². The molecular formula is C18H22N4OS. The predicted molar refractivity (Wildman–Crippen MR) is 97.2 cm³/mol. The lowest BCUT2D eigenvalue weighted by atomic mass is 10.1. The zero-order valence-electron chi connectivity index (χ0n) is 14.3. The van der Waals surface area contributed by atoms with Crippen molar-refractivity contribution >= 4 is 27.5 Å². The summed E-state index contributed by atoms with van der Waals surface area (Å²) in [5.41, 5.74) is 2.97. The number of unbranched alkanes of at least 4 members (excludes halogenated alkanes) is 1. The Hall–Kier alpha value is -2.21. The predicted octanol–water partition coefficient (Wildman–Crippen LogP) is 3.54. The van der Waals surface area contributed by atoms with Crippen molar-refractivity contribution in [1.29, 1.82) is 0 Å². The number of aryl methyl sites for hydroxylation is 3. The highest BCUT2D eigenvalue weighted by molar-refractivity contribution is 7.16. The van der Waals surface area contributed by atoms with Crippen molar-refractivity contribution < 1.29 is 4.79 Å². The molecule has 2 aromatic heterocycles. The average molecular weight is 342 g/mol. The zero-order chi connectivity index (χ0) is 17.1.